The Kier molecular flexibility index (Phi) is 4.24. The summed E-state index contributed by atoms with van der Waals surface area (Å²) >= 11 is 0. The van der Waals surface area contributed by atoms with Crippen molar-refractivity contribution in [3.63, 3.8) is 0 Å². The number of nitrogens with zero attached hydrogens (tertiary/aromatic N) is 1. The number of rotatable bonds is 4. The number of hydrogen-bond acceptors (Lipinski definition) is 5. The highest BCUT2D eigenvalue weighted by atomic mass is 19.2. The van der Waals surface area contributed by atoms with Gasteiger partial charge in [0, 0.05) is 5.56 Å². The second-order valence-corrected chi connectivity index (χ2v) is 4.82. The molecule has 3 aromatic rings. The van der Waals surface area contributed by atoms with Crippen molar-refractivity contribution in [3.8, 4) is 11.3 Å². The lowest BCUT2D eigenvalue weighted by atomic mass is 10.1. The first-order chi connectivity index (χ1) is 11.6. The number of aromatic nitrogens is 1. The fourth-order valence-corrected chi connectivity index (χ4v) is 2.07. The van der Waals surface area contributed by atoms with E-state index in [0.29, 0.717) is 16.9 Å². The van der Waals surface area contributed by atoms with Crippen LogP contribution in [0.25, 0.3) is 11.3 Å². The van der Waals surface area contributed by atoms with E-state index in [1.807, 2.05) is 0 Å². The van der Waals surface area contributed by atoms with Gasteiger partial charge in [0.05, 0.1) is 24.6 Å². The van der Waals surface area contributed by atoms with Gasteiger partial charge in [0.1, 0.15) is 0 Å². The number of ether oxygens (including phenoxy) is 1. The largest absolute Gasteiger partial charge is 0.465 e. The van der Waals surface area contributed by atoms with Gasteiger partial charge in [-0.2, -0.15) is 0 Å². The van der Waals surface area contributed by atoms with Crippen molar-refractivity contribution in [3.05, 3.63) is 65.9 Å². The van der Waals surface area contributed by atoms with Crippen molar-refractivity contribution in [2.75, 3.05) is 12.4 Å². The standard InChI is InChI=1S/C17H12F2N2O3/c1-23-16(22)11-7-5-10(6-8-11)14-9-20-17(24-14)21-13-4-2-3-12(18)15(13)19/h2-9H,1H3,(H,20,21). The SMILES string of the molecule is COC(=O)c1ccc(-c2cnc(Nc3cccc(F)c3F)o2)cc1. The lowest BCUT2D eigenvalue weighted by Crippen LogP contribution is -2.00. The number of methoxy groups -OCH3 is 1. The van der Waals surface area contributed by atoms with E-state index in [4.69, 9.17) is 4.42 Å². The van der Waals surface area contributed by atoms with Gasteiger partial charge in [-0.15, -0.1) is 0 Å². The van der Waals surface area contributed by atoms with Crippen LogP contribution >= 0.6 is 0 Å². The Labute approximate surface area is 135 Å². The van der Waals surface area contributed by atoms with Gasteiger partial charge in [0.2, 0.25) is 0 Å². The zero-order valence-corrected chi connectivity index (χ0v) is 12.5. The van der Waals surface area contributed by atoms with Crippen LogP contribution < -0.4 is 5.32 Å². The molecule has 0 fully saturated rings. The molecule has 0 spiro atoms. The second kappa shape index (κ2) is 6.49. The van der Waals surface area contributed by atoms with Gasteiger partial charge in [-0.25, -0.2) is 18.6 Å². The number of oxazole rings is 1. The summed E-state index contributed by atoms with van der Waals surface area (Å²) in [5, 5.41) is 2.58. The fraction of sp³-hybridized carbons (Fsp3) is 0.0588. The highest BCUT2D eigenvalue weighted by Crippen LogP contribution is 2.26. The van der Waals surface area contributed by atoms with E-state index < -0.39 is 17.6 Å². The molecule has 0 aliphatic carbocycles. The van der Waals surface area contributed by atoms with Crippen molar-refractivity contribution >= 4 is 17.7 Å². The quantitative estimate of drug-likeness (QED) is 0.728. The van der Waals surface area contributed by atoms with Gasteiger partial charge in [-0.3, -0.25) is 0 Å². The van der Waals surface area contributed by atoms with Gasteiger partial charge >= 0.3 is 5.97 Å². The van der Waals surface area contributed by atoms with Gasteiger partial charge in [0.25, 0.3) is 6.01 Å². The summed E-state index contributed by atoms with van der Waals surface area (Å²) in [5.74, 6) is -2.02. The number of esters is 1. The molecule has 122 valence electrons. The van der Waals surface area contributed by atoms with Crippen LogP contribution in [0.2, 0.25) is 0 Å². The summed E-state index contributed by atoms with van der Waals surface area (Å²) < 4.78 is 36.9. The molecular formula is C17H12F2N2O3. The van der Waals surface area contributed by atoms with Crippen LogP contribution in [0.3, 0.4) is 0 Å². The van der Waals surface area contributed by atoms with Gasteiger partial charge in [-0.1, -0.05) is 18.2 Å². The van der Waals surface area contributed by atoms with E-state index in [-0.39, 0.29) is 11.7 Å². The Morgan fingerprint density at radius 2 is 1.92 bits per heavy atom. The monoisotopic (exact) mass is 330 g/mol. The number of carbonyl (C=O) groups is 1. The molecule has 7 heteroatoms. The predicted molar refractivity (Wildman–Crippen MR) is 82.9 cm³/mol. The molecule has 0 saturated carbocycles. The van der Waals surface area contributed by atoms with E-state index in [1.54, 1.807) is 24.3 Å². The highest BCUT2D eigenvalue weighted by Gasteiger charge is 2.12. The number of benzene rings is 2. The predicted octanol–water partition coefficient (Wildman–Crippen LogP) is 4.15. The van der Waals surface area contributed by atoms with Gasteiger partial charge in [0.15, 0.2) is 17.4 Å². The van der Waals surface area contributed by atoms with Crippen molar-refractivity contribution in [1.82, 2.24) is 4.98 Å². The lowest BCUT2D eigenvalue weighted by molar-refractivity contribution is 0.0600. The fourth-order valence-electron chi connectivity index (χ4n) is 2.07. The first-order valence-corrected chi connectivity index (χ1v) is 6.94. The Morgan fingerprint density at radius 1 is 1.17 bits per heavy atom. The van der Waals surface area contributed by atoms with Crippen LogP contribution in [0, 0.1) is 11.6 Å². The third kappa shape index (κ3) is 3.10. The molecule has 1 aromatic heterocycles. The molecule has 0 atom stereocenters. The van der Waals surface area contributed by atoms with E-state index in [0.717, 1.165) is 6.07 Å². The number of anilines is 2. The molecule has 0 aliphatic rings. The molecule has 2 aromatic carbocycles. The summed E-state index contributed by atoms with van der Waals surface area (Å²) in [7, 11) is 1.30. The zero-order valence-electron chi connectivity index (χ0n) is 12.5. The molecule has 24 heavy (non-hydrogen) atoms. The van der Waals surface area contributed by atoms with Crippen molar-refractivity contribution in [1.29, 1.82) is 0 Å². The van der Waals surface area contributed by atoms with Crippen LogP contribution in [0.15, 0.2) is 53.1 Å². The molecule has 0 aliphatic heterocycles. The van der Waals surface area contributed by atoms with E-state index >= 15 is 0 Å². The maximum Gasteiger partial charge on any atom is 0.337 e. The topological polar surface area (TPSA) is 64.4 Å². The lowest BCUT2D eigenvalue weighted by Gasteiger charge is -2.03. The molecule has 0 radical (unpaired) electrons. The molecule has 3 rings (SSSR count). The number of halogens is 2. The van der Waals surface area contributed by atoms with E-state index in [2.05, 4.69) is 15.0 Å². The smallest absolute Gasteiger partial charge is 0.337 e. The Morgan fingerprint density at radius 3 is 2.62 bits per heavy atom. The average molecular weight is 330 g/mol. The van der Waals surface area contributed by atoms with Crippen LogP contribution in [-0.4, -0.2) is 18.1 Å². The minimum atomic E-state index is -1.01. The number of nitrogens with one attached hydrogen (secondary N) is 1. The Balaban J connectivity index is 1.80. The maximum atomic E-state index is 13.6. The molecule has 0 bridgehead atoms. The molecular weight excluding hydrogens is 318 g/mol. The van der Waals surface area contributed by atoms with E-state index in [1.165, 1.54) is 25.4 Å². The molecule has 0 unspecified atom stereocenters. The normalized spacial score (nSPS) is 10.5. The number of carbonyl (C=O) groups excluding carboxylic acids is 1. The van der Waals surface area contributed by atoms with E-state index in [9.17, 15) is 13.6 Å². The van der Waals surface area contributed by atoms with Crippen LogP contribution in [-0.2, 0) is 4.74 Å². The van der Waals surface area contributed by atoms with Crippen molar-refractivity contribution < 1.29 is 22.7 Å². The van der Waals surface area contributed by atoms with Crippen molar-refractivity contribution in [2.45, 2.75) is 0 Å². The van der Waals surface area contributed by atoms with Crippen LogP contribution in [0.5, 0.6) is 0 Å². The van der Waals surface area contributed by atoms with Gasteiger partial charge in [-0.05, 0) is 24.3 Å². The maximum absolute atomic E-state index is 13.6. The zero-order chi connectivity index (χ0) is 17.1. The summed E-state index contributed by atoms with van der Waals surface area (Å²) in [4.78, 5) is 15.4. The molecule has 5 nitrogen and oxygen atoms in total. The first kappa shape index (κ1) is 15.7. The minimum Gasteiger partial charge on any atom is -0.465 e. The highest BCUT2D eigenvalue weighted by molar-refractivity contribution is 5.89. The average Bonchev–Trinajstić information content (AvgIpc) is 3.07. The van der Waals surface area contributed by atoms with Gasteiger partial charge < -0.3 is 14.5 Å². The first-order valence-electron chi connectivity index (χ1n) is 6.94. The summed E-state index contributed by atoms with van der Waals surface area (Å²) in [6, 6.07) is 10.3. The molecule has 1 heterocycles. The molecule has 1 N–H and O–H groups in total. The Hall–Kier alpha value is -3.22. The van der Waals surface area contributed by atoms with Crippen LogP contribution in [0.4, 0.5) is 20.5 Å². The second-order valence-electron chi connectivity index (χ2n) is 4.82. The Bertz CT molecular complexity index is 876. The summed E-state index contributed by atoms with van der Waals surface area (Å²) in [6.45, 7) is 0. The summed E-state index contributed by atoms with van der Waals surface area (Å²) in [6.07, 6.45) is 1.44. The van der Waals surface area contributed by atoms with Crippen molar-refractivity contribution in [2.24, 2.45) is 0 Å². The third-order valence-corrected chi connectivity index (χ3v) is 3.29. The third-order valence-electron chi connectivity index (χ3n) is 3.29. The van der Waals surface area contributed by atoms with Crippen LogP contribution in [0.1, 0.15) is 10.4 Å². The summed E-state index contributed by atoms with van der Waals surface area (Å²) in [5.41, 5.74) is 0.994. The minimum absolute atomic E-state index is 0.0199. The molecule has 0 saturated heterocycles. The molecule has 0 amide bonds. The number of hydrogen-bond donors (Lipinski definition) is 1.